The van der Waals surface area contributed by atoms with E-state index < -0.39 is 0 Å². The molecule has 0 rings (SSSR count). The molecule has 0 heterocycles. The van der Waals surface area contributed by atoms with Gasteiger partial charge < -0.3 is 4.84 Å². The van der Waals surface area contributed by atoms with Gasteiger partial charge in [-0.1, -0.05) is 25.9 Å². The summed E-state index contributed by atoms with van der Waals surface area (Å²) in [7, 11) is 0. The molecule has 0 amide bonds. The summed E-state index contributed by atoms with van der Waals surface area (Å²) >= 11 is 0. The van der Waals surface area contributed by atoms with Crippen molar-refractivity contribution in [1.29, 1.82) is 0 Å². The lowest BCUT2D eigenvalue weighted by Crippen LogP contribution is -2.16. The summed E-state index contributed by atoms with van der Waals surface area (Å²) in [5, 5.41) is 3.90. The van der Waals surface area contributed by atoms with Gasteiger partial charge in [-0.3, -0.25) is 0 Å². The molecule has 0 bridgehead atoms. The van der Waals surface area contributed by atoms with E-state index >= 15 is 0 Å². The average Bonchev–Trinajstić information content (AvgIpc) is 1.76. The lowest BCUT2D eigenvalue weighted by atomic mass is 9.93. The monoisotopic (exact) mass is 171 g/mol. The van der Waals surface area contributed by atoms with Crippen LogP contribution < -0.4 is 0 Å². The van der Waals surface area contributed by atoms with E-state index in [9.17, 15) is 0 Å². The summed E-state index contributed by atoms with van der Waals surface area (Å²) in [6, 6.07) is 0. The second-order valence-electron chi connectivity index (χ2n) is 5.26. The van der Waals surface area contributed by atoms with Crippen molar-refractivity contribution in [3.63, 3.8) is 0 Å². The van der Waals surface area contributed by atoms with Crippen LogP contribution in [-0.2, 0) is 4.84 Å². The molecule has 0 spiro atoms. The van der Waals surface area contributed by atoms with E-state index in [4.69, 9.17) is 4.84 Å². The van der Waals surface area contributed by atoms with Crippen LogP contribution in [0.5, 0.6) is 0 Å². The molecular formula is C10H21NO. The Morgan fingerprint density at radius 2 is 1.58 bits per heavy atom. The maximum absolute atomic E-state index is 5.19. The van der Waals surface area contributed by atoms with Crippen molar-refractivity contribution < 1.29 is 4.84 Å². The predicted octanol–water partition coefficient (Wildman–Crippen LogP) is 3.22. The van der Waals surface area contributed by atoms with Crippen LogP contribution >= 0.6 is 0 Å². The third-order valence-corrected chi connectivity index (χ3v) is 1.10. The molecule has 0 aliphatic carbocycles. The van der Waals surface area contributed by atoms with Gasteiger partial charge in [-0.25, -0.2) is 0 Å². The molecule has 12 heavy (non-hydrogen) atoms. The normalized spacial score (nSPS) is 13.8. The first-order chi connectivity index (χ1) is 5.21. The summed E-state index contributed by atoms with van der Waals surface area (Å²) in [4.78, 5) is 5.19. The summed E-state index contributed by atoms with van der Waals surface area (Å²) in [6.45, 7) is 12.5. The molecule has 2 nitrogen and oxygen atoms in total. The van der Waals surface area contributed by atoms with Gasteiger partial charge in [-0.15, -0.1) is 0 Å². The lowest BCUT2D eigenvalue weighted by Gasteiger charge is -2.17. The van der Waals surface area contributed by atoms with Crippen molar-refractivity contribution in [2.24, 2.45) is 10.6 Å². The second-order valence-corrected chi connectivity index (χ2v) is 5.26. The minimum Gasteiger partial charge on any atom is -0.390 e. The Morgan fingerprint density at radius 3 is 1.92 bits per heavy atom. The molecule has 0 aromatic heterocycles. The Hall–Kier alpha value is -0.530. The molecule has 2 heteroatoms. The molecule has 0 N–H and O–H groups in total. The smallest absolute Gasteiger partial charge is 0.129 e. The zero-order chi connectivity index (χ0) is 9.83. The highest BCUT2D eigenvalue weighted by molar-refractivity contribution is 5.57. The topological polar surface area (TPSA) is 21.6 Å². The molecule has 72 valence electrons. The number of rotatable bonds is 2. The van der Waals surface area contributed by atoms with Gasteiger partial charge in [-0.2, -0.15) is 0 Å². The molecule has 0 aromatic rings. The highest BCUT2D eigenvalue weighted by atomic mass is 16.6. The first kappa shape index (κ1) is 11.5. The van der Waals surface area contributed by atoms with Gasteiger partial charge in [-0.05, 0) is 32.6 Å². The lowest BCUT2D eigenvalue weighted by molar-refractivity contribution is 0.00131. The van der Waals surface area contributed by atoms with Crippen molar-refractivity contribution in [2.75, 3.05) is 0 Å². The summed E-state index contributed by atoms with van der Waals surface area (Å²) in [5.41, 5.74) is 0.124. The van der Waals surface area contributed by atoms with Crippen LogP contribution in [0.1, 0.15) is 48.0 Å². The van der Waals surface area contributed by atoms with E-state index in [1.54, 1.807) is 0 Å². The Labute approximate surface area is 76.0 Å². The molecule has 0 saturated carbocycles. The molecular weight excluding hydrogens is 150 g/mol. The minimum absolute atomic E-state index is 0.172. The predicted molar refractivity (Wildman–Crippen MR) is 53.4 cm³/mol. The maximum Gasteiger partial charge on any atom is 0.129 e. The molecule has 0 atom stereocenters. The zero-order valence-electron chi connectivity index (χ0n) is 9.14. The van der Waals surface area contributed by atoms with E-state index in [0.29, 0.717) is 5.41 Å². The zero-order valence-corrected chi connectivity index (χ0v) is 9.14. The van der Waals surface area contributed by atoms with E-state index in [1.807, 2.05) is 27.0 Å². The number of oxime groups is 1. The minimum atomic E-state index is -0.172. The molecule has 0 radical (unpaired) electrons. The van der Waals surface area contributed by atoms with Crippen LogP contribution in [0.3, 0.4) is 0 Å². The number of nitrogens with zero attached hydrogens (tertiary/aromatic N) is 1. The molecule has 0 saturated heterocycles. The largest absolute Gasteiger partial charge is 0.390 e. The average molecular weight is 171 g/mol. The van der Waals surface area contributed by atoms with Gasteiger partial charge in [0.1, 0.15) is 5.60 Å². The Morgan fingerprint density at radius 1 is 1.08 bits per heavy atom. The molecule has 0 unspecified atom stereocenters. The Bertz CT molecular complexity index is 130. The van der Waals surface area contributed by atoms with Crippen LogP contribution in [-0.4, -0.2) is 11.8 Å². The van der Waals surface area contributed by atoms with Crippen molar-refractivity contribution in [1.82, 2.24) is 0 Å². The second kappa shape index (κ2) is 3.92. The Kier molecular flexibility index (Phi) is 3.75. The fraction of sp³-hybridized carbons (Fsp3) is 0.900. The van der Waals surface area contributed by atoms with Crippen molar-refractivity contribution in [2.45, 2.75) is 53.6 Å². The van der Waals surface area contributed by atoms with Crippen molar-refractivity contribution in [3.05, 3.63) is 0 Å². The van der Waals surface area contributed by atoms with E-state index in [2.05, 4.69) is 25.9 Å². The van der Waals surface area contributed by atoms with E-state index in [0.717, 1.165) is 6.42 Å². The third-order valence-electron chi connectivity index (χ3n) is 1.10. The summed E-state index contributed by atoms with van der Waals surface area (Å²) < 4.78 is 0. The summed E-state index contributed by atoms with van der Waals surface area (Å²) in [6.07, 6.45) is 2.79. The molecule has 0 aliphatic heterocycles. The van der Waals surface area contributed by atoms with Crippen molar-refractivity contribution >= 4 is 6.21 Å². The van der Waals surface area contributed by atoms with Gasteiger partial charge in [0.05, 0.1) is 0 Å². The number of hydrogen-bond donors (Lipinski definition) is 0. The quantitative estimate of drug-likeness (QED) is 0.462. The fourth-order valence-electron chi connectivity index (χ4n) is 0.507. The van der Waals surface area contributed by atoms with Gasteiger partial charge in [0.2, 0.25) is 0 Å². The Balaban J connectivity index is 3.66. The van der Waals surface area contributed by atoms with Crippen LogP contribution in [0.15, 0.2) is 5.16 Å². The van der Waals surface area contributed by atoms with Crippen LogP contribution in [0.4, 0.5) is 0 Å². The van der Waals surface area contributed by atoms with E-state index in [1.165, 1.54) is 0 Å². The summed E-state index contributed by atoms with van der Waals surface area (Å²) in [5.74, 6) is 0. The molecule has 0 aliphatic rings. The van der Waals surface area contributed by atoms with Crippen molar-refractivity contribution in [3.8, 4) is 0 Å². The van der Waals surface area contributed by atoms with Gasteiger partial charge in [0, 0.05) is 6.21 Å². The molecule has 0 fully saturated rings. The van der Waals surface area contributed by atoms with Crippen LogP contribution in [0, 0.1) is 5.41 Å². The van der Waals surface area contributed by atoms with Crippen LogP contribution in [0.2, 0.25) is 0 Å². The molecule has 0 aromatic carbocycles. The standard InChI is InChI=1S/C10H21NO/c1-9(2,3)7-8-11-12-10(4,5)6/h8H,7H2,1-6H3/b11-8-. The first-order valence-electron chi connectivity index (χ1n) is 4.41. The van der Waals surface area contributed by atoms with Gasteiger partial charge in [0.15, 0.2) is 0 Å². The van der Waals surface area contributed by atoms with Gasteiger partial charge in [0.25, 0.3) is 0 Å². The fourth-order valence-corrected chi connectivity index (χ4v) is 0.507. The third kappa shape index (κ3) is 9.47. The number of hydrogen-bond acceptors (Lipinski definition) is 2. The van der Waals surface area contributed by atoms with E-state index in [-0.39, 0.29) is 5.60 Å². The highest BCUT2D eigenvalue weighted by Gasteiger charge is 2.10. The SMILES string of the molecule is CC(C)(C)C/C=N\OC(C)(C)C. The first-order valence-corrected chi connectivity index (χ1v) is 4.41. The van der Waals surface area contributed by atoms with Gasteiger partial charge >= 0.3 is 0 Å². The van der Waals surface area contributed by atoms with Crippen LogP contribution in [0.25, 0.3) is 0 Å². The highest BCUT2D eigenvalue weighted by Crippen LogP contribution is 2.16. The maximum atomic E-state index is 5.19.